The van der Waals surface area contributed by atoms with Gasteiger partial charge in [-0.15, -0.1) is 11.3 Å². The van der Waals surface area contributed by atoms with E-state index in [1.165, 1.54) is 9.75 Å². The number of aryl methyl sites for hydroxylation is 2. The molecule has 4 rings (SSSR count). The highest BCUT2D eigenvalue weighted by Gasteiger charge is 2.30. The molecular formula is C20H22ClN5O2S. The number of halogens is 1. The molecule has 0 atom stereocenters. The summed E-state index contributed by atoms with van der Waals surface area (Å²) in [5.41, 5.74) is 1.64. The second-order valence-corrected chi connectivity index (χ2v) is 8.72. The summed E-state index contributed by atoms with van der Waals surface area (Å²) >= 11 is 8.08. The van der Waals surface area contributed by atoms with Crippen LogP contribution in [0.15, 0.2) is 36.4 Å². The van der Waals surface area contributed by atoms with Crippen molar-refractivity contribution in [3.8, 4) is 10.4 Å². The van der Waals surface area contributed by atoms with Gasteiger partial charge in [-0.3, -0.25) is 15.0 Å². The van der Waals surface area contributed by atoms with Gasteiger partial charge in [0.2, 0.25) is 5.82 Å². The zero-order valence-corrected chi connectivity index (χ0v) is 17.9. The standard InChI is InChI=1S/C20H22ClN5O2S/c1-14-19(26(27)28)20(23(2)22-14)25-11-9-24(10-12-25)13-15-7-8-18(29-15)16-5-3-4-6-17(16)21/h3-8H,9-13H2,1-2H3. The summed E-state index contributed by atoms with van der Waals surface area (Å²) in [6.07, 6.45) is 0. The Bertz CT molecular complexity index is 1040. The molecule has 1 saturated heterocycles. The maximum absolute atomic E-state index is 11.5. The average Bonchev–Trinajstić information content (AvgIpc) is 3.26. The minimum atomic E-state index is -0.327. The normalized spacial score (nSPS) is 15.1. The highest BCUT2D eigenvalue weighted by molar-refractivity contribution is 7.15. The van der Waals surface area contributed by atoms with Gasteiger partial charge in [-0.1, -0.05) is 29.8 Å². The molecular weight excluding hydrogens is 410 g/mol. The van der Waals surface area contributed by atoms with Gasteiger partial charge >= 0.3 is 5.69 Å². The van der Waals surface area contributed by atoms with E-state index in [1.807, 2.05) is 24.3 Å². The Morgan fingerprint density at radius 3 is 2.59 bits per heavy atom. The molecule has 1 aliphatic rings. The SMILES string of the molecule is Cc1nn(C)c(N2CCN(Cc3ccc(-c4ccccc4Cl)s3)CC2)c1[N+](=O)[O-]. The van der Waals surface area contributed by atoms with E-state index < -0.39 is 0 Å². The lowest BCUT2D eigenvalue weighted by molar-refractivity contribution is -0.384. The minimum absolute atomic E-state index is 0.114. The lowest BCUT2D eigenvalue weighted by Crippen LogP contribution is -2.46. The van der Waals surface area contributed by atoms with Crippen LogP contribution in [0.25, 0.3) is 10.4 Å². The number of rotatable bonds is 5. The van der Waals surface area contributed by atoms with Crippen LogP contribution in [-0.4, -0.2) is 45.8 Å². The van der Waals surface area contributed by atoms with Crippen molar-refractivity contribution < 1.29 is 4.92 Å². The van der Waals surface area contributed by atoms with Crippen LogP contribution < -0.4 is 4.90 Å². The summed E-state index contributed by atoms with van der Waals surface area (Å²) in [6, 6.07) is 12.2. The van der Waals surface area contributed by atoms with Crippen molar-refractivity contribution >= 4 is 34.4 Å². The molecule has 0 saturated carbocycles. The fourth-order valence-corrected chi connectivity index (χ4v) is 5.19. The first-order valence-electron chi connectivity index (χ1n) is 9.43. The molecule has 1 aromatic carbocycles. The Morgan fingerprint density at radius 1 is 1.17 bits per heavy atom. The molecule has 0 aliphatic carbocycles. The number of nitro groups is 1. The van der Waals surface area contributed by atoms with Crippen molar-refractivity contribution in [2.45, 2.75) is 13.5 Å². The fraction of sp³-hybridized carbons (Fsp3) is 0.350. The van der Waals surface area contributed by atoms with Crippen molar-refractivity contribution in [2.24, 2.45) is 7.05 Å². The number of anilines is 1. The molecule has 29 heavy (non-hydrogen) atoms. The molecule has 1 aliphatic heterocycles. The third-order valence-corrected chi connectivity index (χ3v) is 6.63. The van der Waals surface area contributed by atoms with E-state index in [0.29, 0.717) is 11.5 Å². The van der Waals surface area contributed by atoms with Crippen LogP contribution >= 0.6 is 22.9 Å². The molecule has 7 nitrogen and oxygen atoms in total. The lowest BCUT2D eigenvalue weighted by Gasteiger charge is -2.35. The van der Waals surface area contributed by atoms with Gasteiger partial charge in [0.1, 0.15) is 5.69 Å². The van der Waals surface area contributed by atoms with E-state index in [4.69, 9.17) is 11.6 Å². The Hall–Kier alpha value is -2.42. The van der Waals surface area contributed by atoms with E-state index in [0.717, 1.165) is 43.3 Å². The summed E-state index contributed by atoms with van der Waals surface area (Å²) in [5.74, 6) is 0.601. The Labute approximate surface area is 178 Å². The molecule has 152 valence electrons. The fourth-order valence-electron chi connectivity index (χ4n) is 3.81. The van der Waals surface area contributed by atoms with Crippen LogP contribution in [0.3, 0.4) is 0 Å². The first-order chi connectivity index (χ1) is 13.9. The third-order valence-electron chi connectivity index (χ3n) is 5.20. The number of nitrogens with zero attached hydrogens (tertiary/aromatic N) is 5. The highest BCUT2D eigenvalue weighted by Crippen LogP contribution is 2.34. The van der Waals surface area contributed by atoms with E-state index in [9.17, 15) is 10.1 Å². The minimum Gasteiger partial charge on any atom is -0.349 e. The number of hydrogen-bond donors (Lipinski definition) is 0. The van der Waals surface area contributed by atoms with Crippen molar-refractivity contribution in [1.82, 2.24) is 14.7 Å². The second-order valence-electron chi connectivity index (χ2n) is 7.15. The van der Waals surface area contributed by atoms with Gasteiger partial charge in [0.15, 0.2) is 0 Å². The molecule has 9 heteroatoms. The molecule has 3 heterocycles. The van der Waals surface area contributed by atoms with Crippen LogP contribution in [-0.2, 0) is 13.6 Å². The summed E-state index contributed by atoms with van der Waals surface area (Å²) in [6.45, 7) is 5.73. The van der Waals surface area contributed by atoms with Gasteiger partial charge in [-0.2, -0.15) is 5.10 Å². The van der Waals surface area contributed by atoms with Crippen LogP contribution in [0, 0.1) is 17.0 Å². The summed E-state index contributed by atoms with van der Waals surface area (Å²) in [7, 11) is 1.77. The highest BCUT2D eigenvalue weighted by atomic mass is 35.5. The zero-order valence-electron chi connectivity index (χ0n) is 16.3. The second kappa shape index (κ2) is 8.14. The molecule has 0 spiro atoms. The predicted octanol–water partition coefficient (Wildman–Crippen LogP) is 4.34. The van der Waals surface area contributed by atoms with Crippen LogP contribution in [0.4, 0.5) is 11.5 Å². The lowest BCUT2D eigenvalue weighted by atomic mass is 10.2. The maximum Gasteiger partial charge on any atom is 0.333 e. The van der Waals surface area contributed by atoms with Gasteiger partial charge in [-0.05, 0) is 25.1 Å². The van der Waals surface area contributed by atoms with E-state index in [1.54, 1.807) is 30.0 Å². The van der Waals surface area contributed by atoms with Crippen LogP contribution in [0.5, 0.6) is 0 Å². The van der Waals surface area contributed by atoms with Crippen LogP contribution in [0.1, 0.15) is 10.6 Å². The van der Waals surface area contributed by atoms with E-state index in [-0.39, 0.29) is 10.6 Å². The number of piperazine rings is 1. The third kappa shape index (κ3) is 4.01. The number of aromatic nitrogens is 2. The van der Waals surface area contributed by atoms with Gasteiger partial charge in [0, 0.05) is 60.1 Å². The average molecular weight is 432 g/mol. The van der Waals surface area contributed by atoms with Gasteiger partial charge in [-0.25, -0.2) is 4.68 Å². The monoisotopic (exact) mass is 431 g/mol. The summed E-state index contributed by atoms with van der Waals surface area (Å²) in [5, 5.41) is 16.5. The quantitative estimate of drug-likeness (QED) is 0.444. The Morgan fingerprint density at radius 2 is 1.90 bits per heavy atom. The van der Waals surface area contributed by atoms with Gasteiger partial charge in [0.25, 0.3) is 0 Å². The van der Waals surface area contributed by atoms with Gasteiger partial charge < -0.3 is 4.90 Å². The molecule has 0 bridgehead atoms. The molecule has 2 aromatic heterocycles. The molecule has 0 amide bonds. The Kier molecular flexibility index (Phi) is 5.58. The molecule has 0 radical (unpaired) electrons. The van der Waals surface area contributed by atoms with Crippen molar-refractivity contribution in [3.63, 3.8) is 0 Å². The number of hydrogen-bond acceptors (Lipinski definition) is 6. The first kappa shape index (κ1) is 19.9. The van der Waals surface area contributed by atoms with Gasteiger partial charge in [0.05, 0.1) is 4.92 Å². The number of thiophene rings is 1. The van der Waals surface area contributed by atoms with Crippen LogP contribution in [0.2, 0.25) is 5.02 Å². The van der Waals surface area contributed by atoms with Crippen molar-refractivity contribution in [1.29, 1.82) is 0 Å². The largest absolute Gasteiger partial charge is 0.349 e. The summed E-state index contributed by atoms with van der Waals surface area (Å²) in [4.78, 5) is 18.0. The summed E-state index contributed by atoms with van der Waals surface area (Å²) < 4.78 is 1.62. The van der Waals surface area contributed by atoms with Crippen molar-refractivity contribution in [3.05, 3.63) is 62.1 Å². The van der Waals surface area contributed by atoms with E-state index in [2.05, 4.69) is 27.0 Å². The maximum atomic E-state index is 11.5. The van der Waals surface area contributed by atoms with Crippen molar-refractivity contribution in [2.75, 3.05) is 31.1 Å². The molecule has 0 unspecified atom stereocenters. The topological polar surface area (TPSA) is 67.4 Å². The number of benzene rings is 1. The molecule has 3 aromatic rings. The molecule has 0 N–H and O–H groups in total. The first-order valence-corrected chi connectivity index (χ1v) is 10.6. The van der Waals surface area contributed by atoms with E-state index >= 15 is 0 Å². The Balaban J connectivity index is 1.42. The zero-order chi connectivity index (χ0) is 20.5. The smallest absolute Gasteiger partial charge is 0.333 e. The predicted molar refractivity (Wildman–Crippen MR) is 117 cm³/mol. The molecule has 1 fully saturated rings.